The highest BCUT2D eigenvalue weighted by atomic mass is 16.3. The minimum Gasteiger partial charge on any atom is -0.394 e. The van der Waals surface area contributed by atoms with Crippen LogP contribution in [0.1, 0.15) is 30.6 Å². The minimum absolute atomic E-state index is 0.0590. The van der Waals surface area contributed by atoms with Crippen LogP contribution in [0.2, 0.25) is 0 Å². The summed E-state index contributed by atoms with van der Waals surface area (Å²) in [6, 6.07) is 5.09. The van der Waals surface area contributed by atoms with E-state index in [1.807, 2.05) is 19.9 Å². The lowest BCUT2D eigenvalue weighted by molar-refractivity contribution is 0.0915. The van der Waals surface area contributed by atoms with Crippen molar-refractivity contribution in [3.63, 3.8) is 0 Å². The number of hydrogen-bond donors (Lipinski definition) is 2. The lowest BCUT2D eigenvalue weighted by Gasteiger charge is -2.13. The summed E-state index contributed by atoms with van der Waals surface area (Å²) >= 11 is 0. The van der Waals surface area contributed by atoms with E-state index in [2.05, 4.69) is 15.6 Å². The second-order valence-electron chi connectivity index (χ2n) is 4.37. The molecule has 0 bridgehead atoms. The van der Waals surface area contributed by atoms with Gasteiger partial charge in [0.1, 0.15) is 5.52 Å². The van der Waals surface area contributed by atoms with Crippen LogP contribution < -0.4 is 5.32 Å². The second kappa shape index (κ2) is 5.79. The zero-order valence-corrected chi connectivity index (χ0v) is 11.1. The first kappa shape index (κ1) is 13.5. The molecule has 0 fully saturated rings. The van der Waals surface area contributed by atoms with Crippen LogP contribution >= 0.6 is 0 Å². The van der Waals surface area contributed by atoms with E-state index in [9.17, 15) is 4.79 Å². The Bertz CT molecular complexity index is 575. The molecule has 0 spiro atoms. The molecule has 0 aliphatic carbocycles. The van der Waals surface area contributed by atoms with Crippen LogP contribution in [-0.4, -0.2) is 38.7 Å². The van der Waals surface area contributed by atoms with E-state index in [4.69, 9.17) is 5.11 Å². The molecule has 2 aromatic rings. The van der Waals surface area contributed by atoms with Crippen molar-refractivity contribution in [2.75, 3.05) is 6.61 Å². The Morgan fingerprint density at radius 3 is 2.89 bits per heavy atom. The van der Waals surface area contributed by atoms with E-state index >= 15 is 0 Å². The number of nitrogens with one attached hydrogen (secondary N) is 1. The molecular formula is C13H18N4O2. The average molecular weight is 262 g/mol. The lowest BCUT2D eigenvalue weighted by atomic mass is 10.1. The molecule has 1 aromatic heterocycles. The van der Waals surface area contributed by atoms with Gasteiger partial charge in [0.15, 0.2) is 0 Å². The van der Waals surface area contributed by atoms with Crippen molar-refractivity contribution in [2.24, 2.45) is 0 Å². The first-order chi connectivity index (χ1) is 9.19. The monoisotopic (exact) mass is 262 g/mol. The van der Waals surface area contributed by atoms with Crippen molar-refractivity contribution in [1.82, 2.24) is 20.3 Å². The number of aryl methyl sites for hydroxylation is 1. The number of amides is 1. The highest BCUT2D eigenvalue weighted by molar-refractivity contribution is 5.97. The summed E-state index contributed by atoms with van der Waals surface area (Å²) in [6.45, 7) is 4.58. The molecule has 0 saturated carbocycles. The predicted molar refractivity (Wildman–Crippen MR) is 71.8 cm³/mol. The standard InChI is InChI=1S/C13H18N4O2/c1-3-10(8-18)14-13(19)9-5-6-12-11(7-9)15-16-17(12)4-2/h5-7,10,18H,3-4,8H2,1-2H3,(H,14,19)/t10-/m0/s1. The Balaban J connectivity index is 2.23. The molecule has 6 nitrogen and oxygen atoms in total. The lowest BCUT2D eigenvalue weighted by Crippen LogP contribution is -2.36. The number of fused-ring (bicyclic) bond motifs is 1. The van der Waals surface area contributed by atoms with Crippen LogP contribution in [0.5, 0.6) is 0 Å². The van der Waals surface area contributed by atoms with Gasteiger partial charge in [-0.2, -0.15) is 0 Å². The molecule has 0 radical (unpaired) electrons. The zero-order valence-electron chi connectivity index (χ0n) is 11.1. The van der Waals surface area contributed by atoms with Crippen molar-refractivity contribution in [1.29, 1.82) is 0 Å². The summed E-state index contributed by atoms with van der Waals surface area (Å²) in [5.74, 6) is -0.200. The third-order valence-corrected chi connectivity index (χ3v) is 3.12. The molecule has 6 heteroatoms. The Kier molecular flexibility index (Phi) is 4.11. The molecule has 0 aliphatic heterocycles. The summed E-state index contributed by atoms with van der Waals surface area (Å²) in [5, 5.41) is 19.9. The van der Waals surface area contributed by atoms with Gasteiger partial charge in [-0.15, -0.1) is 5.10 Å². The van der Waals surface area contributed by atoms with Crippen LogP contribution in [0, 0.1) is 0 Å². The first-order valence-electron chi connectivity index (χ1n) is 6.44. The molecule has 0 unspecified atom stereocenters. The minimum atomic E-state index is -0.213. The van der Waals surface area contributed by atoms with Crippen LogP contribution in [0.25, 0.3) is 11.0 Å². The summed E-state index contributed by atoms with van der Waals surface area (Å²) in [5.41, 5.74) is 2.14. The van der Waals surface area contributed by atoms with E-state index in [1.165, 1.54) is 0 Å². The van der Waals surface area contributed by atoms with E-state index in [1.54, 1.807) is 16.8 Å². The largest absolute Gasteiger partial charge is 0.394 e. The Hall–Kier alpha value is -1.95. The summed E-state index contributed by atoms with van der Waals surface area (Å²) in [4.78, 5) is 12.0. The van der Waals surface area contributed by atoms with Crippen molar-refractivity contribution in [2.45, 2.75) is 32.9 Å². The molecule has 1 atom stereocenters. The van der Waals surface area contributed by atoms with Crippen LogP contribution in [0.15, 0.2) is 18.2 Å². The normalized spacial score (nSPS) is 12.6. The van der Waals surface area contributed by atoms with Crippen LogP contribution in [-0.2, 0) is 6.54 Å². The van der Waals surface area contributed by atoms with Gasteiger partial charge in [0.2, 0.25) is 0 Å². The number of rotatable bonds is 5. The molecule has 0 saturated heterocycles. The fourth-order valence-corrected chi connectivity index (χ4v) is 1.89. The van der Waals surface area contributed by atoms with Crippen molar-refractivity contribution in [3.8, 4) is 0 Å². The number of aliphatic hydroxyl groups is 1. The average Bonchev–Trinajstić information content (AvgIpc) is 2.86. The third kappa shape index (κ3) is 2.73. The Labute approximate surface area is 111 Å². The SMILES string of the molecule is CC[C@@H](CO)NC(=O)c1ccc2c(c1)nnn2CC. The van der Waals surface area contributed by atoms with Crippen LogP contribution in [0.4, 0.5) is 0 Å². The van der Waals surface area contributed by atoms with Crippen molar-refractivity contribution in [3.05, 3.63) is 23.8 Å². The maximum atomic E-state index is 12.0. The first-order valence-corrected chi connectivity index (χ1v) is 6.44. The van der Waals surface area contributed by atoms with Gasteiger partial charge >= 0.3 is 0 Å². The molecule has 1 heterocycles. The second-order valence-corrected chi connectivity index (χ2v) is 4.37. The number of carbonyl (C=O) groups excluding carboxylic acids is 1. The quantitative estimate of drug-likeness (QED) is 0.840. The van der Waals surface area contributed by atoms with Gasteiger partial charge in [-0.05, 0) is 31.5 Å². The van der Waals surface area contributed by atoms with Gasteiger partial charge in [0, 0.05) is 12.1 Å². The summed E-state index contributed by atoms with van der Waals surface area (Å²) in [7, 11) is 0. The molecule has 102 valence electrons. The Morgan fingerprint density at radius 2 is 2.26 bits per heavy atom. The van der Waals surface area contributed by atoms with E-state index in [0.717, 1.165) is 12.1 Å². The molecule has 1 aromatic carbocycles. The maximum Gasteiger partial charge on any atom is 0.251 e. The fourth-order valence-electron chi connectivity index (χ4n) is 1.89. The number of hydrogen-bond acceptors (Lipinski definition) is 4. The highest BCUT2D eigenvalue weighted by Crippen LogP contribution is 2.13. The van der Waals surface area contributed by atoms with Gasteiger partial charge in [-0.25, -0.2) is 4.68 Å². The third-order valence-electron chi connectivity index (χ3n) is 3.12. The Morgan fingerprint density at radius 1 is 1.47 bits per heavy atom. The van der Waals surface area contributed by atoms with Crippen molar-refractivity contribution >= 4 is 16.9 Å². The van der Waals surface area contributed by atoms with E-state index < -0.39 is 0 Å². The molecule has 2 rings (SSSR count). The van der Waals surface area contributed by atoms with E-state index in [-0.39, 0.29) is 18.6 Å². The highest BCUT2D eigenvalue weighted by Gasteiger charge is 2.13. The van der Waals surface area contributed by atoms with Gasteiger partial charge in [0.05, 0.1) is 18.2 Å². The van der Waals surface area contributed by atoms with Gasteiger partial charge in [0.25, 0.3) is 5.91 Å². The van der Waals surface area contributed by atoms with Crippen LogP contribution in [0.3, 0.4) is 0 Å². The number of aliphatic hydroxyl groups excluding tert-OH is 1. The number of aromatic nitrogens is 3. The number of carbonyl (C=O) groups is 1. The molecule has 19 heavy (non-hydrogen) atoms. The summed E-state index contributed by atoms with van der Waals surface area (Å²) < 4.78 is 1.78. The van der Waals surface area contributed by atoms with E-state index in [0.29, 0.717) is 17.5 Å². The molecule has 2 N–H and O–H groups in total. The van der Waals surface area contributed by atoms with Gasteiger partial charge in [-0.3, -0.25) is 4.79 Å². The number of benzene rings is 1. The summed E-state index contributed by atoms with van der Waals surface area (Å²) in [6.07, 6.45) is 0.691. The predicted octanol–water partition coefficient (Wildman–Crippen LogP) is 0.952. The maximum absolute atomic E-state index is 12.0. The molecule has 0 aliphatic rings. The molecule has 1 amide bonds. The van der Waals surface area contributed by atoms with Gasteiger partial charge < -0.3 is 10.4 Å². The van der Waals surface area contributed by atoms with Crippen molar-refractivity contribution < 1.29 is 9.90 Å². The van der Waals surface area contributed by atoms with Gasteiger partial charge in [-0.1, -0.05) is 12.1 Å². The smallest absolute Gasteiger partial charge is 0.251 e. The zero-order chi connectivity index (χ0) is 13.8. The topological polar surface area (TPSA) is 80.0 Å². The number of nitrogens with zero attached hydrogens (tertiary/aromatic N) is 3. The molecular weight excluding hydrogens is 244 g/mol. The fraction of sp³-hybridized carbons (Fsp3) is 0.462.